The quantitative estimate of drug-likeness (QED) is 0.895. The highest BCUT2D eigenvalue weighted by molar-refractivity contribution is 7.12. The van der Waals surface area contributed by atoms with Gasteiger partial charge in [-0.2, -0.15) is 0 Å². The molecule has 1 aliphatic carbocycles. The van der Waals surface area contributed by atoms with Crippen molar-refractivity contribution >= 4 is 17.2 Å². The Bertz CT molecular complexity index is 686. The molecule has 0 spiro atoms. The van der Waals surface area contributed by atoms with Crippen molar-refractivity contribution in [1.29, 1.82) is 0 Å². The van der Waals surface area contributed by atoms with E-state index in [2.05, 4.69) is 15.6 Å². The Balaban J connectivity index is 1.33. The highest BCUT2D eigenvalue weighted by Gasteiger charge is 2.34. The molecule has 1 aromatic carbocycles. The van der Waals surface area contributed by atoms with E-state index in [1.165, 1.54) is 43.4 Å². The third kappa shape index (κ3) is 3.37. The Morgan fingerprint density at radius 3 is 2.92 bits per heavy atom. The first-order valence-electron chi connectivity index (χ1n) is 8.85. The molecular weight excluding hydrogens is 318 g/mol. The Labute approximate surface area is 146 Å². The lowest BCUT2D eigenvalue weighted by Crippen LogP contribution is -2.40. The predicted molar refractivity (Wildman–Crippen MR) is 97.2 cm³/mol. The molecule has 1 saturated heterocycles. The lowest BCUT2D eigenvalue weighted by molar-refractivity contribution is 0.0949. The molecule has 3 atom stereocenters. The van der Waals surface area contributed by atoms with Crippen LogP contribution in [0, 0.1) is 5.92 Å². The summed E-state index contributed by atoms with van der Waals surface area (Å²) in [6.07, 6.45) is 6.53. The molecule has 3 unspecified atom stereocenters. The molecule has 126 valence electrons. The van der Waals surface area contributed by atoms with E-state index in [0.29, 0.717) is 23.6 Å². The van der Waals surface area contributed by atoms with Crippen molar-refractivity contribution in [1.82, 2.24) is 15.6 Å². The van der Waals surface area contributed by atoms with Gasteiger partial charge in [-0.05, 0) is 25.2 Å². The van der Waals surface area contributed by atoms with E-state index < -0.39 is 0 Å². The molecule has 4 nitrogen and oxygen atoms in total. The molecular formula is C19H23N3OS. The number of carbonyl (C=O) groups is 1. The van der Waals surface area contributed by atoms with E-state index in [-0.39, 0.29) is 5.91 Å². The molecule has 4 rings (SSSR count). The zero-order valence-electron chi connectivity index (χ0n) is 13.7. The van der Waals surface area contributed by atoms with E-state index >= 15 is 0 Å². The molecule has 2 heterocycles. The van der Waals surface area contributed by atoms with Gasteiger partial charge in [-0.3, -0.25) is 4.79 Å². The number of benzene rings is 1. The van der Waals surface area contributed by atoms with Crippen LogP contribution in [-0.4, -0.2) is 29.5 Å². The van der Waals surface area contributed by atoms with Crippen LogP contribution in [0.2, 0.25) is 0 Å². The standard InChI is InChI=1S/C19H23N3OS/c23-18(19-22-17(12-24-19)13-6-2-1-3-7-13)20-11-15-10-14-8-4-5-9-16(14)21-15/h1-3,6-7,12,14-16,21H,4-5,8-11H2,(H,20,23). The number of amides is 1. The molecule has 2 fully saturated rings. The lowest BCUT2D eigenvalue weighted by atomic mass is 9.85. The van der Waals surface area contributed by atoms with Gasteiger partial charge < -0.3 is 10.6 Å². The summed E-state index contributed by atoms with van der Waals surface area (Å²) in [5.41, 5.74) is 1.92. The minimum Gasteiger partial charge on any atom is -0.348 e. The van der Waals surface area contributed by atoms with E-state index in [4.69, 9.17) is 0 Å². The molecule has 1 saturated carbocycles. The Hall–Kier alpha value is -1.72. The number of nitrogens with one attached hydrogen (secondary N) is 2. The smallest absolute Gasteiger partial charge is 0.280 e. The second-order valence-corrected chi connectivity index (χ2v) is 7.72. The summed E-state index contributed by atoms with van der Waals surface area (Å²) in [7, 11) is 0. The van der Waals surface area contributed by atoms with Crippen LogP contribution in [0.1, 0.15) is 41.9 Å². The maximum atomic E-state index is 12.4. The predicted octanol–water partition coefficient (Wildman–Crippen LogP) is 3.46. The van der Waals surface area contributed by atoms with Gasteiger partial charge in [0.1, 0.15) is 0 Å². The SMILES string of the molecule is O=C(NCC1CC2CCCCC2N1)c1nc(-c2ccccc2)cs1. The average molecular weight is 341 g/mol. The number of thiazole rings is 1. The minimum atomic E-state index is -0.0566. The molecule has 2 aliphatic rings. The fraction of sp³-hybridized carbons (Fsp3) is 0.474. The Morgan fingerprint density at radius 2 is 2.08 bits per heavy atom. The van der Waals surface area contributed by atoms with Gasteiger partial charge >= 0.3 is 0 Å². The maximum absolute atomic E-state index is 12.4. The van der Waals surface area contributed by atoms with Crippen molar-refractivity contribution < 1.29 is 4.79 Å². The van der Waals surface area contributed by atoms with Crippen molar-refractivity contribution in [3.63, 3.8) is 0 Å². The third-order valence-electron chi connectivity index (χ3n) is 5.22. The molecule has 5 heteroatoms. The highest BCUT2D eigenvalue weighted by Crippen LogP contribution is 2.33. The fourth-order valence-electron chi connectivity index (χ4n) is 4.00. The van der Waals surface area contributed by atoms with Gasteiger partial charge in [-0.15, -0.1) is 11.3 Å². The summed E-state index contributed by atoms with van der Waals surface area (Å²) in [5.74, 6) is 0.754. The van der Waals surface area contributed by atoms with Crippen LogP contribution in [0.25, 0.3) is 11.3 Å². The number of fused-ring (bicyclic) bond motifs is 1. The summed E-state index contributed by atoms with van der Waals surface area (Å²) < 4.78 is 0. The van der Waals surface area contributed by atoms with E-state index in [9.17, 15) is 4.79 Å². The van der Waals surface area contributed by atoms with Crippen molar-refractivity contribution in [2.24, 2.45) is 5.92 Å². The molecule has 2 N–H and O–H groups in total. The van der Waals surface area contributed by atoms with Crippen molar-refractivity contribution in [3.05, 3.63) is 40.7 Å². The normalized spacial score (nSPS) is 26.1. The number of nitrogens with zero attached hydrogens (tertiary/aromatic N) is 1. The second-order valence-electron chi connectivity index (χ2n) is 6.86. The molecule has 2 aromatic rings. The van der Waals surface area contributed by atoms with Gasteiger partial charge in [0.25, 0.3) is 5.91 Å². The number of hydrogen-bond acceptors (Lipinski definition) is 4. The van der Waals surface area contributed by atoms with E-state index in [0.717, 1.165) is 17.2 Å². The van der Waals surface area contributed by atoms with Gasteiger partial charge in [0.2, 0.25) is 0 Å². The Morgan fingerprint density at radius 1 is 1.25 bits per heavy atom. The van der Waals surface area contributed by atoms with Gasteiger partial charge in [-0.1, -0.05) is 43.2 Å². The highest BCUT2D eigenvalue weighted by atomic mass is 32.1. The first kappa shape index (κ1) is 15.8. The molecule has 24 heavy (non-hydrogen) atoms. The first-order chi connectivity index (χ1) is 11.8. The van der Waals surface area contributed by atoms with Gasteiger partial charge in [-0.25, -0.2) is 4.98 Å². The average Bonchev–Trinajstić information content (AvgIpc) is 3.27. The van der Waals surface area contributed by atoms with Crippen LogP contribution in [0.3, 0.4) is 0 Å². The van der Waals surface area contributed by atoms with Gasteiger partial charge in [0.05, 0.1) is 5.69 Å². The zero-order chi connectivity index (χ0) is 16.4. The molecule has 1 aromatic heterocycles. The minimum absolute atomic E-state index is 0.0566. The van der Waals surface area contributed by atoms with Crippen LogP contribution in [-0.2, 0) is 0 Å². The number of hydrogen-bond donors (Lipinski definition) is 2. The number of rotatable bonds is 4. The van der Waals surface area contributed by atoms with Gasteiger partial charge in [0, 0.05) is 29.6 Å². The summed E-state index contributed by atoms with van der Waals surface area (Å²) in [4.78, 5) is 16.9. The number of carbonyl (C=O) groups excluding carboxylic acids is 1. The van der Waals surface area contributed by atoms with Crippen molar-refractivity contribution in [3.8, 4) is 11.3 Å². The summed E-state index contributed by atoms with van der Waals surface area (Å²) in [6, 6.07) is 11.1. The van der Waals surface area contributed by atoms with Crippen LogP contribution < -0.4 is 10.6 Å². The topological polar surface area (TPSA) is 54.0 Å². The van der Waals surface area contributed by atoms with Crippen LogP contribution >= 0.6 is 11.3 Å². The first-order valence-corrected chi connectivity index (χ1v) is 9.73. The van der Waals surface area contributed by atoms with Crippen LogP contribution in [0.15, 0.2) is 35.7 Å². The largest absolute Gasteiger partial charge is 0.348 e. The van der Waals surface area contributed by atoms with E-state index in [1.54, 1.807) is 0 Å². The molecule has 1 aliphatic heterocycles. The summed E-state index contributed by atoms with van der Waals surface area (Å²) in [6.45, 7) is 0.700. The van der Waals surface area contributed by atoms with Crippen LogP contribution in [0.4, 0.5) is 0 Å². The van der Waals surface area contributed by atoms with Crippen LogP contribution in [0.5, 0.6) is 0 Å². The summed E-state index contributed by atoms with van der Waals surface area (Å²) in [5, 5.41) is 9.26. The monoisotopic (exact) mass is 341 g/mol. The summed E-state index contributed by atoms with van der Waals surface area (Å²) >= 11 is 1.41. The zero-order valence-corrected chi connectivity index (χ0v) is 14.5. The molecule has 0 bridgehead atoms. The van der Waals surface area contributed by atoms with E-state index in [1.807, 2.05) is 35.7 Å². The van der Waals surface area contributed by atoms with Crippen molar-refractivity contribution in [2.45, 2.75) is 44.2 Å². The molecule has 1 amide bonds. The Kier molecular flexibility index (Phi) is 4.63. The second kappa shape index (κ2) is 7.03. The van der Waals surface area contributed by atoms with Crippen molar-refractivity contribution in [2.75, 3.05) is 6.54 Å². The maximum Gasteiger partial charge on any atom is 0.280 e. The fourth-order valence-corrected chi connectivity index (χ4v) is 4.74. The number of aromatic nitrogens is 1. The third-order valence-corrected chi connectivity index (χ3v) is 6.06. The lowest BCUT2D eigenvalue weighted by Gasteiger charge is -2.24. The van der Waals surface area contributed by atoms with Gasteiger partial charge in [0.15, 0.2) is 5.01 Å². The molecule has 0 radical (unpaired) electrons.